The van der Waals surface area contributed by atoms with Gasteiger partial charge in [-0.1, -0.05) is 12.1 Å². The highest BCUT2D eigenvalue weighted by Gasteiger charge is 2.17. The summed E-state index contributed by atoms with van der Waals surface area (Å²) in [5, 5.41) is 13.3. The Labute approximate surface area is 196 Å². The fourth-order valence-corrected chi connectivity index (χ4v) is 4.20. The molecule has 0 aliphatic heterocycles. The molecule has 0 radical (unpaired) electrons. The van der Waals surface area contributed by atoms with Gasteiger partial charge >= 0.3 is 0 Å². The van der Waals surface area contributed by atoms with Gasteiger partial charge < -0.3 is 9.40 Å². The van der Waals surface area contributed by atoms with E-state index in [0.717, 1.165) is 33.4 Å². The maximum absolute atomic E-state index is 13.0. The van der Waals surface area contributed by atoms with Gasteiger partial charge in [-0.2, -0.15) is 0 Å². The number of fused-ring (bicyclic) bond motifs is 1. The molecular formula is C25H25N7O2. The number of aromatic amines is 1. The molecule has 5 aromatic rings. The predicted molar refractivity (Wildman–Crippen MR) is 127 cm³/mol. The highest BCUT2D eigenvalue weighted by atomic mass is 16.3. The maximum Gasteiger partial charge on any atom is 0.252 e. The van der Waals surface area contributed by atoms with Gasteiger partial charge in [0.2, 0.25) is 0 Å². The zero-order valence-electron chi connectivity index (χ0n) is 19.1. The lowest BCUT2D eigenvalue weighted by Crippen LogP contribution is -2.28. The SMILES string of the molecule is Cc1cc(C)c2cc(CN(Cc3cccnc3)Cc3nnnn3Cc3ccco3)c(=O)[nH]c2c1. The molecule has 0 atom stereocenters. The Morgan fingerprint density at radius 1 is 1.09 bits per heavy atom. The van der Waals surface area contributed by atoms with E-state index in [2.05, 4.69) is 43.4 Å². The van der Waals surface area contributed by atoms with Crippen LogP contribution in [-0.4, -0.2) is 35.1 Å². The van der Waals surface area contributed by atoms with Gasteiger partial charge in [0.15, 0.2) is 5.82 Å². The molecule has 34 heavy (non-hydrogen) atoms. The number of benzene rings is 1. The monoisotopic (exact) mass is 455 g/mol. The molecule has 0 saturated carbocycles. The molecule has 0 unspecified atom stereocenters. The van der Waals surface area contributed by atoms with Crippen LogP contribution < -0.4 is 5.56 Å². The first-order valence-corrected chi connectivity index (χ1v) is 11.1. The largest absolute Gasteiger partial charge is 0.467 e. The van der Waals surface area contributed by atoms with Crippen LogP contribution in [0.2, 0.25) is 0 Å². The van der Waals surface area contributed by atoms with Crippen molar-refractivity contribution in [2.75, 3.05) is 0 Å². The van der Waals surface area contributed by atoms with Gasteiger partial charge in [-0.15, -0.1) is 5.10 Å². The number of rotatable bonds is 8. The number of nitrogens with one attached hydrogen (secondary N) is 1. The first kappa shape index (κ1) is 21.7. The summed E-state index contributed by atoms with van der Waals surface area (Å²) in [5.41, 5.74) is 4.74. The lowest BCUT2D eigenvalue weighted by Gasteiger charge is -2.22. The van der Waals surface area contributed by atoms with Gasteiger partial charge in [-0.3, -0.25) is 14.7 Å². The van der Waals surface area contributed by atoms with Crippen LogP contribution in [0.25, 0.3) is 10.9 Å². The van der Waals surface area contributed by atoms with Crippen LogP contribution in [0.15, 0.2) is 70.3 Å². The minimum atomic E-state index is -0.0936. The van der Waals surface area contributed by atoms with Crippen LogP contribution in [0, 0.1) is 13.8 Å². The summed E-state index contributed by atoms with van der Waals surface area (Å²) < 4.78 is 7.17. The first-order valence-electron chi connectivity index (χ1n) is 11.1. The van der Waals surface area contributed by atoms with E-state index in [0.29, 0.717) is 37.6 Å². The third kappa shape index (κ3) is 4.79. The molecule has 172 valence electrons. The zero-order valence-corrected chi connectivity index (χ0v) is 19.1. The number of hydrogen-bond acceptors (Lipinski definition) is 7. The number of furan rings is 1. The molecule has 4 aromatic heterocycles. The van der Waals surface area contributed by atoms with Crippen molar-refractivity contribution in [3.8, 4) is 0 Å². The third-order valence-electron chi connectivity index (χ3n) is 5.77. The molecule has 0 saturated heterocycles. The smallest absolute Gasteiger partial charge is 0.252 e. The molecule has 0 aliphatic carbocycles. The van der Waals surface area contributed by atoms with E-state index in [1.807, 2.05) is 49.5 Å². The van der Waals surface area contributed by atoms with Crippen LogP contribution in [0.3, 0.4) is 0 Å². The predicted octanol–water partition coefficient (Wildman–Crippen LogP) is 3.37. The average molecular weight is 456 g/mol. The van der Waals surface area contributed by atoms with Gasteiger partial charge in [0.1, 0.15) is 12.3 Å². The van der Waals surface area contributed by atoms with Crippen molar-refractivity contribution in [3.63, 3.8) is 0 Å². The van der Waals surface area contributed by atoms with Gasteiger partial charge in [0.05, 0.1) is 12.8 Å². The Hall–Kier alpha value is -4.11. The molecule has 0 bridgehead atoms. The molecule has 9 heteroatoms. The summed E-state index contributed by atoms with van der Waals surface area (Å²) in [7, 11) is 0. The van der Waals surface area contributed by atoms with Crippen molar-refractivity contribution in [2.45, 2.75) is 40.0 Å². The standard InChI is InChI=1S/C25H25N7O2/c1-17-9-18(2)22-11-20(25(33)27-23(22)10-17)14-31(13-19-5-3-7-26-12-19)16-24-28-29-30-32(24)15-21-6-4-8-34-21/h3-12H,13-16H2,1-2H3,(H,27,33). The summed E-state index contributed by atoms with van der Waals surface area (Å²) >= 11 is 0. The van der Waals surface area contributed by atoms with Crippen molar-refractivity contribution >= 4 is 10.9 Å². The number of nitrogens with zero attached hydrogens (tertiary/aromatic N) is 6. The van der Waals surface area contributed by atoms with Gasteiger partial charge in [-0.05, 0) is 71.3 Å². The maximum atomic E-state index is 13.0. The normalized spacial score (nSPS) is 11.5. The average Bonchev–Trinajstić information content (AvgIpc) is 3.48. The van der Waals surface area contributed by atoms with Crippen LogP contribution in [-0.2, 0) is 26.2 Å². The minimum Gasteiger partial charge on any atom is -0.467 e. The zero-order chi connectivity index (χ0) is 23.5. The van der Waals surface area contributed by atoms with Crippen LogP contribution in [0.4, 0.5) is 0 Å². The van der Waals surface area contributed by atoms with Gasteiger partial charge in [0, 0.05) is 41.9 Å². The van der Waals surface area contributed by atoms with E-state index >= 15 is 0 Å². The van der Waals surface area contributed by atoms with Crippen LogP contribution in [0.1, 0.15) is 33.8 Å². The Balaban J connectivity index is 1.46. The number of aromatic nitrogens is 6. The lowest BCUT2D eigenvalue weighted by molar-refractivity contribution is 0.235. The van der Waals surface area contributed by atoms with Crippen molar-refractivity contribution < 1.29 is 4.42 Å². The molecule has 9 nitrogen and oxygen atoms in total. The highest BCUT2D eigenvalue weighted by molar-refractivity contribution is 5.83. The van der Waals surface area contributed by atoms with E-state index in [-0.39, 0.29) is 5.56 Å². The topological polar surface area (TPSA) is 106 Å². The molecular weight excluding hydrogens is 430 g/mol. The Kier molecular flexibility index (Phi) is 6.01. The second-order valence-electron chi connectivity index (χ2n) is 8.51. The summed E-state index contributed by atoms with van der Waals surface area (Å²) in [6.07, 6.45) is 5.20. The number of hydrogen-bond donors (Lipinski definition) is 1. The van der Waals surface area contributed by atoms with E-state index in [9.17, 15) is 4.79 Å². The van der Waals surface area contributed by atoms with Gasteiger partial charge in [0.25, 0.3) is 5.56 Å². The number of tetrazole rings is 1. The van der Waals surface area contributed by atoms with Gasteiger partial charge in [-0.25, -0.2) is 4.68 Å². The third-order valence-corrected chi connectivity index (χ3v) is 5.77. The fourth-order valence-electron chi connectivity index (χ4n) is 4.20. The summed E-state index contributed by atoms with van der Waals surface area (Å²) in [6, 6.07) is 13.8. The number of H-pyrrole nitrogens is 1. The molecule has 1 N–H and O–H groups in total. The fraction of sp³-hybridized carbons (Fsp3) is 0.240. The van der Waals surface area contributed by atoms with E-state index in [4.69, 9.17) is 4.42 Å². The second kappa shape index (κ2) is 9.40. The van der Waals surface area contributed by atoms with Crippen LogP contribution in [0.5, 0.6) is 0 Å². The molecule has 0 amide bonds. The molecule has 5 rings (SSSR count). The van der Waals surface area contributed by atoms with Crippen molar-refractivity contribution in [1.82, 2.24) is 35.1 Å². The quantitative estimate of drug-likeness (QED) is 0.382. The minimum absolute atomic E-state index is 0.0936. The van der Waals surface area contributed by atoms with Crippen molar-refractivity contribution in [3.05, 3.63) is 105 Å². The molecule has 0 spiro atoms. The molecule has 1 aromatic carbocycles. The van der Waals surface area contributed by atoms with Crippen molar-refractivity contribution in [1.29, 1.82) is 0 Å². The van der Waals surface area contributed by atoms with E-state index in [1.54, 1.807) is 17.1 Å². The lowest BCUT2D eigenvalue weighted by atomic mass is 10.0. The first-order chi connectivity index (χ1) is 16.5. The summed E-state index contributed by atoms with van der Waals surface area (Å²) in [6.45, 7) is 6.00. The molecule has 0 fully saturated rings. The Morgan fingerprint density at radius 3 is 2.79 bits per heavy atom. The second-order valence-corrected chi connectivity index (χ2v) is 8.51. The number of aryl methyl sites for hydroxylation is 2. The Morgan fingerprint density at radius 2 is 2.00 bits per heavy atom. The van der Waals surface area contributed by atoms with Crippen LogP contribution >= 0.6 is 0 Å². The summed E-state index contributed by atoms with van der Waals surface area (Å²) in [5.74, 6) is 1.45. The molecule has 0 aliphatic rings. The Bertz CT molecular complexity index is 1460. The van der Waals surface area contributed by atoms with Crippen molar-refractivity contribution in [2.24, 2.45) is 0 Å². The number of pyridine rings is 2. The molecule has 4 heterocycles. The van der Waals surface area contributed by atoms with E-state index < -0.39 is 0 Å². The highest BCUT2D eigenvalue weighted by Crippen LogP contribution is 2.20. The van der Waals surface area contributed by atoms with E-state index in [1.165, 1.54) is 0 Å². The summed E-state index contributed by atoms with van der Waals surface area (Å²) in [4.78, 5) is 22.4.